The van der Waals surface area contributed by atoms with Gasteiger partial charge in [-0.2, -0.15) is 5.10 Å². The Kier molecular flexibility index (Phi) is 11.1. The second-order valence-corrected chi connectivity index (χ2v) is 19.4. The van der Waals surface area contributed by atoms with E-state index in [-0.39, 0.29) is 55.4 Å². The number of imidazole rings is 1. The van der Waals surface area contributed by atoms with Crippen molar-refractivity contribution in [1.82, 2.24) is 44.7 Å². The van der Waals surface area contributed by atoms with Gasteiger partial charge in [-0.15, -0.1) is 11.3 Å². The molecule has 2 atom stereocenters. The zero-order chi connectivity index (χ0) is 47.8. The molecule has 0 aliphatic carbocycles. The van der Waals surface area contributed by atoms with Gasteiger partial charge in [-0.1, -0.05) is 30.3 Å². The molecule has 3 aromatic carbocycles. The molecule has 0 radical (unpaired) electrons. The van der Waals surface area contributed by atoms with Crippen LogP contribution >= 0.6 is 11.3 Å². The first-order valence-corrected chi connectivity index (χ1v) is 23.9. The fourth-order valence-corrected chi connectivity index (χ4v) is 11.2. The molecule has 3 saturated heterocycles. The minimum Gasteiger partial charge on any atom is -0.341 e. The molecule has 6 amide bonds. The number of hydrogen-bond acceptors (Lipinski definition) is 11. The molecule has 21 heteroatoms. The maximum atomic E-state index is 16.0. The van der Waals surface area contributed by atoms with Crippen LogP contribution in [0.15, 0.2) is 72.5 Å². The number of anilines is 2. The molecule has 2 unspecified atom stereocenters. The Balaban J connectivity index is 0.714. The first-order chi connectivity index (χ1) is 33.2. The molecule has 0 bridgehead atoms. The Morgan fingerprint density at radius 2 is 1.77 bits per heavy atom. The summed E-state index contributed by atoms with van der Waals surface area (Å²) in [6.45, 7) is 1.04. The van der Waals surface area contributed by atoms with Gasteiger partial charge in [0.05, 0.1) is 43.1 Å². The Morgan fingerprint density at radius 1 is 0.957 bits per heavy atom. The van der Waals surface area contributed by atoms with Crippen molar-refractivity contribution in [3.05, 3.63) is 112 Å². The Hall–Kier alpha value is -6.97. The maximum Gasteiger partial charge on any atom is 0.329 e. The number of carbonyl (C=O) groups excluding carboxylic acids is 5. The van der Waals surface area contributed by atoms with Gasteiger partial charge < -0.3 is 20.1 Å². The number of urea groups is 1. The van der Waals surface area contributed by atoms with Gasteiger partial charge in [0, 0.05) is 71.9 Å². The molecular formula is C48H47F3N12O5S. The highest BCUT2D eigenvalue weighted by Crippen LogP contribution is 2.43. The smallest absolute Gasteiger partial charge is 0.329 e. The summed E-state index contributed by atoms with van der Waals surface area (Å²) in [5.74, 6) is -6.04. The van der Waals surface area contributed by atoms with E-state index in [4.69, 9.17) is 5.73 Å². The molecule has 11 rings (SSSR count). The number of likely N-dealkylation sites (tertiary alicyclic amines) is 2. The number of piperidine rings is 2. The third-order valence-corrected chi connectivity index (χ3v) is 15.1. The molecule has 0 spiro atoms. The van der Waals surface area contributed by atoms with E-state index < -0.39 is 53.6 Å². The van der Waals surface area contributed by atoms with Crippen LogP contribution in [-0.4, -0.2) is 114 Å². The van der Waals surface area contributed by atoms with E-state index in [1.165, 1.54) is 32.1 Å². The summed E-state index contributed by atoms with van der Waals surface area (Å²) >= 11 is 1.25. The monoisotopic (exact) mass is 960 g/mol. The van der Waals surface area contributed by atoms with Crippen LogP contribution in [0.4, 0.5) is 28.9 Å². The summed E-state index contributed by atoms with van der Waals surface area (Å²) in [5, 5.41) is 14.9. The van der Waals surface area contributed by atoms with Gasteiger partial charge in [0.1, 0.15) is 5.82 Å². The number of nitrogens with two attached hydrogens (primary N) is 1. The number of carbonyl (C=O) groups is 5. The highest BCUT2D eigenvalue weighted by molar-refractivity contribution is 7.13. The molecule has 17 nitrogen and oxygen atoms in total. The van der Waals surface area contributed by atoms with Gasteiger partial charge >= 0.3 is 6.03 Å². The standard InChI is InChI=1S/C48H47F3N12O5S/c49-35-21-29(20-32-33(35)23-63(44(32)67)41(43(66)56-45-53-13-19-69-45)40-37-2-1-14-61(37)26-54-40)27-3-6-30(7-4-27)47(52)11-17-60(18-12-47)39(65)24-59-15-9-34(48(50,51)25-59)28-5-8-31-36(22-28)57-58-42(31)62-16-10-38(64)55-46(62)68/h3-8,13,19-22,26,34,41H,1-2,9-12,14-18,23-25,52H2,(H,57,58)(H,53,56,66)(H,55,64,68). The molecule has 0 saturated carbocycles. The topological polar surface area (TPSA) is 208 Å². The van der Waals surface area contributed by atoms with E-state index in [2.05, 4.69) is 30.8 Å². The molecule has 5 N–H and O–H groups in total. The lowest BCUT2D eigenvalue weighted by atomic mass is 9.81. The van der Waals surface area contributed by atoms with Gasteiger partial charge in [-0.3, -0.25) is 44.7 Å². The number of nitrogens with one attached hydrogen (secondary N) is 3. The number of rotatable bonds is 10. The second-order valence-electron chi connectivity index (χ2n) is 18.6. The van der Waals surface area contributed by atoms with Crippen molar-refractivity contribution in [1.29, 1.82) is 0 Å². The van der Waals surface area contributed by atoms with Crippen LogP contribution in [0.5, 0.6) is 0 Å². The van der Waals surface area contributed by atoms with Crippen molar-refractivity contribution in [3.8, 4) is 11.1 Å². The minimum absolute atomic E-state index is 0.108. The number of alkyl halides is 2. The first-order valence-electron chi connectivity index (χ1n) is 23.0. The van der Waals surface area contributed by atoms with Gasteiger partial charge in [0.15, 0.2) is 17.0 Å². The molecule has 5 aliphatic rings. The third kappa shape index (κ3) is 8.10. The molecule has 6 aromatic rings. The quantitative estimate of drug-likeness (QED) is 0.133. The van der Waals surface area contributed by atoms with Crippen molar-refractivity contribution < 1.29 is 37.1 Å². The largest absolute Gasteiger partial charge is 0.341 e. The molecule has 69 heavy (non-hydrogen) atoms. The summed E-state index contributed by atoms with van der Waals surface area (Å²) in [4.78, 5) is 80.3. The predicted molar refractivity (Wildman–Crippen MR) is 248 cm³/mol. The number of nitrogens with zero attached hydrogens (tertiary/aromatic N) is 8. The summed E-state index contributed by atoms with van der Waals surface area (Å²) < 4.78 is 49.7. The third-order valence-electron chi connectivity index (χ3n) is 14.4. The van der Waals surface area contributed by atoms with E-state index in [9.17, 15) is 24.0 Å². The number of aryl methyl sites for hydroxylation is 1. The zero-order valence-electron chi connectivity index (χ0n) is 37.2. The fraction of sp³-hybridized carbons (Fsp3) is 0.375. The summed E-state index contributed by atoms with van der Waals surface area (Å²) in [5.41, 5.74) is 10.8. The number of hydrogen-bond donors (Lipinski definition) is 4. The summed E-state index contributed by atoms with van der Waals surface area (Å²) in [7, 11) is 0. The SMILES string of the molecule is NC1(c2ccc(-c3cc(F)c4c(c3)C(=O)N(C(C(=O)Nc3nccs3)c3ncn5c3CCC5)C4)cc2)CCN(C(=O)CN2CCC(c3ccc4c(N5CCC(=O)NC5=O)n[nH]c4c3)C(F)(F)C2)CC1. The number of fused-ring (bicyclic) bond motifs is 3. The van der Waals surface area contributed by atoms with Gasteiger partial charge in [0.25, 0.3) is 17.7 Å². The predicted octanol–water partition coefficient (Wildman–Crippen LogP) is 5.65. The van der Waals surface area contributed by atoms with Crippen LogP contribution in [0.2, 0.25) is 0 Å². The zero-order valence-corrected chi connectivity index (χ0v) is 38.0. The fourth-order valence-electron chi connectivity index (χ4n) is 10.7. The number of H-pyrrole nitrogens is 1. The van der Waals surface area contributed by atoms with Gasteiger partial charge in [-0.05, 0) is 85.2 Å². The Morgan fingerprint density at radius 3 is 2.52 bits per heavy atom. The van der Waals surface area contributed by atoms with Crippen molar-refractivity contribution in [2.24, 2.45) is 5.73 Å². The lowest BCUT2D eigenvalue weighted by Gasteiger charge is -2.42. The molecular weight excluding hydrogens is 914 g/mol. The van der Waals surface area contributed by atoms with Crippen LogP contribution < -0.4 is 21.3 Å². The number of aromatic amines is 1. The van der Waals surface area contributed by atoms with Gasteiger partial charge in [-0.25, -0.2) is 27.9 Å². The number of thiazole rings is 1. The molecule has 5 aliphatic heterocycles. The number of aromatic nitrogens is 5. The average Bonchev–Trinajstić information content (AvgIpc) is 4.19. The maximum absolute atomic E-state index is 16.0. The van der Waals surface area contributed by atoms with Crippen molar-refractivity contribution >= 4 is 62.8 Å². The number of amides is 6. The number of imide groups is 1. The Bertz CT molecular complexity index is 3040. The lowest BCUT2D eigenvalue weighted by Crippen LogP contribution is -2.54. The minimum atomic E-state index is -3.13. The van der Waals surface area contributed by atoms with Crippen LogP contribution in [0.1, 0.15) is 82.5 Å². The summed E-state index contributed by atoms with van der Waals surface area (Å²) in [6.07, 6.45) is 5.96. The second kappa shape index (κ2) is 17.2. The van der Waals surface area contributed by atoms with Crippen molar-refractivity contribution in [2.45, 2.75) is 75.0 Å². The molecule has 3 aromatic heterocycles. The van der Waals surface area contributed by atoms with E-state index >= 15 is 13.2 Å². The number of benzene rings is 3. The van der Waals surface area contributed by atoms with Crippen LogP contribution in [0.25, 0.3) is 22.0 Å². The van der Waals surface area contributed by atoms with Crippen LogP contribution in [0, 0.1) is 5.82 Å². The van der Waals surface area contributed by atoms with E-state index in [1.54, 1.807) is 47.1 Å². The highest BCUT2D eigenvalue weighted by Gasteiger charge is 2.47. The Labute approximate surface area is 396 Å². The normalized spacial score (nSPS) is 20.6. The summed E-state index contributed by atoms with van der Waals surface area (Å²) in [6, 6.07) is 13.7. The van der Waals surface area contributed by atoms with Crippen molar-refractivity contribution in [2.75, 3.05) is 49.5 Å². The van der Waals surface area contributed by atoms with Crippen LogP contribution in [-0.2, 0) is 39.4 Å². The molecule has 356 valence electrons. The molecule has 8 heterocycles. The van der Waals surface area contributed by atoms with E-state index in [0.717, 1.165) is 24.2 Å². The molecule has 3 fully saturated rings. The average molecular weight is 961 g/mol. The van der Waals surface area contributed by atoms with Crippen LogP contribution in [0.3, 0.4) is 0 Å². The van der Waals surface area contributed by atoms with E-state index in [0.29, 0.717) is 83.1 Å². The first kappa shape index (κ1) is 44.5. The highest BCUT2D eigenvalue weighted by atomic mass is 32.1. The van der Waals surface area contributed by atoms with Crippen molar-refractivity contribution in [3.63, 3.8) is 0 Å². The van der Waals surface area contributed by atoms with E-state index in [1.807, 2.05) is 28.8 Å². The van der Waals surface area contributed by atoms with Gasteiger partial charge in [0.2, 0.25) is 11.8 Å². The lowest BCUT2D eigenvalue weighted by molar-refractivity contribution is -0.137. The number of halogens is 3.